The van der Waals surface area contributed by atoms with Crippen LogP contribution >= 0.6 is 23.2 Å². The molecule has 0 saturated carbocycles. The maximum absolute atomic E-state index is 11.5. The molecule has 0 aliphatic carbocycles. The number of benzene rings is 1. The van der Waals surface area contributed by atoms with Crippen LogP contribution in [0.1, 0.15) is 5.56 Å². The van der Waals surface area contributed by atoms with Crippen molar-refractivity contribution in [2.45, 2.75) is 10.8 Å². The van der Waals surface area contributed by atoms with Crippen molar-refractivity contribution in [1.82, 2.24) is 4.98 Å². The van der Waals surface area contributed by atoms with Gasteiger partial charge in [0.15, 0.2) is 9.84 Å². The van der Waals surface area contributed by atoms with Gasteiger partial charge in [-0.15, -0.1) is 11.6 Å². The molecule has 0 spiro atoms. The van der Waals surface area contributed by atoms with Gasteiger partial charge in [0.25, 0.3) is 0 Å². The molecule has 1 aromatic heterocycles. The van der Waals surface area contributed by atoms with Crippen molar-refractivity contribution < 1.29 is 13.2 Å². The topological polar surface area (TPSA) is 56.3 Å². The van der Waals surface area contributed by atoms with Crippen molar-refractivity contribution >= 4 is 33.0 Å². The van der Waals surface area contributed by atoms with Crippen LogP contribution in [0.3, 0.4) is 0 Å². The highest BCUT2D eigenvalue weighted by Crippen LogP contribution is 2.26. The minimum atomic E-state index is -3.28. The number of hydrogen-bond acceptors (Lipinski definition) is 4. The van der Waals surface area contributed by atoms with Gasteiger partial charge in [0.2, 0.25) is 5.88 Å². The fourth-order valence-electron chi connectivity index (χ4n) is 1.51. The highest BCUT2D eigenvalue weighted by atomic mass is 35.5. The van der Waals surface area contributed by atoms with Crippen molar-refractivity contribution in [2.24, 2.45) is 0 Å². The standard InChI is InChI=1S/C13H11Cl2NO3S/c1-20(17,18)11-4-2-3-10(6-11)19-13-5-9(7-14)12(15)8-16-13/h2-6,8H,7H2,1H3. The lowest BCUT2D eigenvalue weighted by Gasteiger charge is -2.08. The highest BCUT2D eigenvalue weighted by Gasteiger charge is 2.09. The van der Waals surface area contributed by atoms with E-state index in [4.69, 9.17) is 27.9 Å². The first-order valence-corrected chi connectivity index (χ1v) is 8.39. The number of ether oxygens (including phenoxy) is 1. The van der Waals surface area contributed by atoms with Crippen LogP contribution in [0.25, 0.3) is 0 Å². The zero-order valence-electron chi connectivity index (χ0n) is 10.5. The molecule has 1 aromatic carbocycles. The van der Waals surface area contributed by atoms with Gasteiger partial charge in [0.05, 0.1) is 9.92 Å². The van der Waals surface area contributed by atoms with Gasteiger partial charge in [-0.05, 0) is 23.8 Å². The fraction of sp³-hybridized carbons (Fsp3) is 0.154. The van der Waals surface area contributed by atoms with E-state index in [2.05, 4.69) is 4.98 Å². The van der Waals surface area contributed by atoms with Crippen LogP contribution in [0.4, 0.5) is 0 Å². The van der Waals surface area contributed by atoms with Crippen LogP contribution in [0.5, 0.6) is 11.6 Å². The lowest BCUT2D eigenvalue weighted by Crippen LogP contribution is -1.97. The summed E-state index contributed by atoms with van der Waals surface area (Å²) in [6.45, 7) is 0. The number of aromatic nitrogens is 1. The van der Waals surface area contributed by atoms with Crippen molar-refractivity contribution in [3.63, 3.8) is 0 Å². The molecule has 7 heteroatoms. The van der Waals surface area contributed by atoms with Crippen molar-refractivity contribution in [2.75, 3.05) is 6.26 Å². The van der Waals surface area contributed by atoms with E-state index in [0.717, 1.165) is 6.26 Å². The third-order valence-corrected chi connectivity index (χ3v) is 4.25. The number of nitrogens with zero attached hydrogens (tertiary/aromatic N) is 1. The molecule has 0 fully saturated rings. The fourth-order valence-corrected chi connectivity index (χ4v) is 2.62. The molecule has 0 N–H and O–H groups in total. The molecule has 20 heavy (non-hydrogen) atoms. The maximum atomic E-state index is 11.5. The zero-order chi connectivity index (χ0) is 14.8. The van der Waals surface area contributed by atoms with Crippen LogP contribution in [-0.4, -0.2) is 19.7 Å². The first-order chi connectivity index (χ1) is 9.40. The Kier molecular flexibility index (Phi) is 4.52. The summed E-state index contributed by atoms with van der Waals surface area (Å²) in [5, 5.41) is 0.456. The van der Waals surface area contributed by atoms with Crippen molar-refractivity contribution in [1.29, 1.82) is 0 Å². The van der Waals surface area contributed by atoms with E-state index in [1.165, 1.54) is 18.3 Å². The molecule has 0 bridgehead atoms. The minimum Gasteiger partial charge on any atom is -0.439 e. The Balaban J connectivity index is 2.31. The summed E-state index contributed by atoms with van der Waals surface area (Å²) in [5.41, 5.74) is 0.692. The molecule has 0 unspecified atom stereocenters. The number of alkyl halides is 1. The summed E-state index contributed by atoms with van der Waals surface area (Å²) < 4.78 is 28.5. The molecule has 0 aliphatic heterocycles. The summed E-state index contributed by atoms with van der Waals surface area (Å²) in [7, 11) is -3.28. The third-order valence-electron chi connectivity index (χ3n) is 2.51. The molecular weight excluding hydrogens is 321 g/mol. The van der Waals surface area contributed by atoms with Crippen molar-refractivity contribution in [3.05, 3.63) is 47.1 Å². The number of hydrogen-bond donors (Lipinski definition) is 0. The smallest absolute Gasteiger partial charge is 0.219 e. The van der Waals surface area contributed by atoms with Gasteiger partial charge in [-0.1, -0.05) is 17.7 Å². The number of rotatable bonds is 4. The average molecular weight is 332 g/mol. The summed E-state index contributed by atoms with van der Waals surface area (Å²) in [6, 6.07) is 7.80. The molecular formula is C13H11Cl2NO3S. The molecule has 2 rings (SSSR count). The Hall–Kier alpha value is -1.30. The van der Waals surface area contributed by atoms with E-state index in [1.807, 2.05) is 0 Å². The highest BCUT2D eigenvalue weighted by molar-refractivity contribution is 7.90. The monoisotopic (exact) mass is 331 g/mol. The second-order valence-electron chi connectivity index (χ2n) is 4.10. The lowest BCUT2D eigenvalue weighted by molar-refractivity contribution is 0.461. The van der Waals surface area contributed by atoms with Crippen LogP contribution in [0, 0.1) is 0 Å². The quantitative estimate of drug-likeness (QED) is 0.802. The molecule has 0 radical (unpaired) electrons. The molecule has 0 aliphatic rings. The zero-order valence-corrected chi connectivity index (χ0v) is 12.8. The van der Waals surface area contributed by atoms with Gasteiger partial charge in [-0.25, -0.2) is 13.4 Å². The largest absolute Gasteiger partial charge is 0.439 e. The summed E-state index contributed by atoms with van der Waals surface area (Å²) >= 11 is 11.6. The van der Waals surface area contributed by atoms with Crippen LogP contribution in [0.2, 0.25) is 5.02 Å². The molecule has 106 valence electrons. The summed E-state index contributed by atoms with van der Waals surface area (Å²) in [6.07, 6.45) is 2.58. The number of sulfone groups is 1. The third kappa shape index (κ3) is 3.62. The van der Waals surface area contributed by atoms with Gasteiger partial charge in [0, 0.05) is 24.4 Å². The first kappa shape index (κ1) is 15.1. The van der Waals surface area contributed by atoms with Gasteiger partial charge in [-0.2, -0.15) is 0 Å². The number of pyridine rings is 1. The van der Waals surface area contributed by atoms with E-state index in [9.17, 15) is 8.42 Å². The van der Waals surface area contributed by atoms with E-state index < -0.39 is 9.84 Å². The van der Waals surface area contributed by atoms with Gasteiger partial charge < -0.3 is 4.74 Å². The number of halogens is 2. The normalized spacial score (nSPS) is 11.3. The van der Waals surface area contributed by atoms with E-state index in [-0.39, 0.29) is 10.8 Å². The molecule has 2 aromatic rings. The SMILES string of the molecule is CS(=O)(=O)c1cccc(Oc2cc(CCl)c(Cl)cn2)c1. The predicted molar refractivity (Wildman–Crippen MR) is 78.4 cm³/mol. The Labute approximate surface area is 127 Å². The maximum Gasteiger partial charge on any atom is 0.219 e. The minimum absolute atomic E-state index is 0.182. The second-order valence-corrected chi connectivity index (χ2v) is 6.79. The Bertz CT molecular complexity index is 732. The Morgan fingerprint density at radius 1 is 1.30 bits per heavy atom. The van der Waals surface area contributed by atoms with Crippen LogP contribution in [0.15, 0.2) is 41.4 Å². The Morgan fingerprint density at radius 2 is 2.05 bits per heavy atom. The second kappa shape index (κ2) is 5.99. The molecule has 0 atom stereocenters. The summed E-state index contributed by atoms with van der Waals surface area (Å²) in [5.74, 6) is 0.917. The predicted octanol–water partition coefficient (Wildman–Crippen LogP) is 3.67. The van der Waals surface area contributed by atoms with Crippen molar-refractivity contribution in [3.8, 4) is 11.6 Å². The molecule has 0 saturated heterocycles. The first-order valence-electron chi connectivity index (χ1n) is 5.58. The molecule has 1 heterocycles. The van der Waals surface area contributed by atoms with E-state index in [1.54, 1.807) is 18.2 Å². The molecule has 0 amide bonds. The molecule has 4 nitrogen and oxygen atoms in total. The average Bonchev–Trinajstić information content (AvgIpc) is 2.40. The Morgan fingerprint density at radius 3 is 2.70 bits per heavy atom. The van der Waals surface area contributed by atoms with Crippen LogP contribution < -0.4 is 4.74 Å². The van der Waals surface area contributed by atoms with Crippen LogP contribution in [-0.2, 0) is 15.7 Å². The van der Waals surface area contributed by atoms with Gasteiger partial charge in [-0.3, -0.25) is 0 Å². The van der Waals surface area contributed by atoms with E-state index in [0.29, 0.717) is 22.2 Å². The summed E-state index contributed by atoms with van der Waals surface area (Å²) in [4.78, 5) is 4.19. The van der Waals surface area contributed by atoms with Gasteiger partial charge in [0.1, 0.15) is 5.75 Å². The van der Waals surface area contributed by atoms with E-state index >= 15 is 0 Å². The lowest BCUT2D eigenvalue weighted by atomic mass is 10.3. The van der Waals surface area contributed by atoms with Gasteiger partial charge >= 0.3 is 0 Å².